The zero-order chi connectivity index (χ0) is 18.9. The molecule has 6 nitrogen and oxygen atoms in total. The van der Waals surface area contributed by atoms with E-state index in [9.17, 15) is 8.42 Å². The number of ether oxygens (including phenoxy) is 1. The SMILES string of the molecule is COc1ccc(S(=O)(=O)Nc2ccc(-c3nc(C)oc3C)cc2)cc1C. The largest absolute Gasteiger partial charge is 0.496 e. The lowest BCUT2D eigenvalue weighted by Gasteiger charge is -2.11. The minimum Gasteiger partial charge on any atom is -0.496 e. The highest BCUT2D eigenvalue weighted by atomic mass is 32.2. The standard InChI is InChI=1S/C19H20N2O4S/c1-12-11-17(9-10-18(12)24-4)26(22,23)21-16-7-5-15(6-8-16)19-13(2)25-14(3)20-19/h5-11,21H,1-4H3. The Kier molecular flexibility index (Phi) is 4.73. The zero-order valence-electron chi connectivity index (χ0n) is 15.0. The van der Waals surface area contributed by atoms with E-state index in [2.05, 4.69) is 9.71 Å². The highest BCUT2D eigenvalue weighted by Gasteiger charge is 2.16. The van der Waals surface area contributed by atoms with Gasteiger partial charge in [-0.3, -0.25) is 4.72 Å². The predicted molar refractivity (Wildman–Crippen MR) is 100.0 cm³/mol. The maximum absolute atomic E-state index is 12.6. The van der Waals surface area contributed by atoms with Crippen molar-refractivity contribution in [2.24, 2.45) is 0 Å². The van der Waals surface area contributed by atoms with Crippen molar-refractivity contribution >= 4 is 15.7 Å². The summed E-state index contributed by atoms with van der Waals surface area (Å²) in [5.41, 5.74) is 2.84. The Labute approximate surface area is 152 Å². The molecule has 0 aliphatic carbocycles. The van der Waals surface area contributed by atoms with Gasteiger partial charge in [-0.05, 0) is 49.7 Å². The summed E-state index contributed by atoms with van der Waals surface area (Å²) in [7, 11) is -2.13. The number of hydrogen-bond donors (Lipinski definition) is 1. The molecule has 1 heterocycles. The van der Waals surface area contributed by atoms with Crippen molar-refractivity contribution in [2.45, 2.75) is 25.7 Å². The van der Waals surface area contributed by atoms with Crippen molar-refractivity contribution in [3.63, 3.8) is 0 Å². The minimum atomic E-state index is -3.68. The van der Waals surface area contributed by atoms with Crippen LogP contribution in [-0.4, -0.2) is 20.5 Å². The molecule has 26 heavy (non-hydrogen) atoms. The van der Waals surface area contributed by atoms with Crippen LogP contribution < -0.4 is 9.46 Å². The Balaban J connectivity index is 1.84. The lowest BCUT2D eigenvalue weighted by Crippen LogP contribution is -2.13. The lowest BCUT2D eigenvalue weighted by molar-refractivity contribution is 0.411. The van der Waals surface area contributed by atoms with Crippen molar-refractivity contribution in [1.29, 1.82) is 0 Å². The molecule has 0 saturated carbocycles. The van der Waals surface area contributed by atoms with E-state index in [0.29, 0.717) is 17.3 Å². The number of methoxy groups -OCH3 is 1. The molecule has 0 amide bonds. The van der Waals surface area contributed by atoms with E-state index in [1.54, 1.807) is 57.4 Å². The lowest BCUT2D eigenvalue weighted by atomic mass is 10.1. The molecule has 2 aromatic carbocycles. The molecular formula is C19H20N2O4S. The molecule has 0 fully saturated rings. The molecule has 0 unspecified atom stereocenters. The van der Waals surface area contributed by atoms with Gasteiger partial charge in [0, 0.05) is 18.2 Å². The number of benzene rings is 2. The quantitative estimate of drug-likeness (QED) is 0.730. The minimum absolute atomic E-state index is 0.183. The van der Waals surface area contributed by atoms with E-state index < -0.39 is 10.0 Å². The first-order valence-corrected chi connectivity index (χ1v) is 9.50. The summed E-state index contributed by atoms with van der Waals surface area (Å²) < 4.78 is 38.4. The number of aromatic nitrogens is 1. The van der Waals surface area contributed by atoms with Gasteiger partial charge in [-0.15, -0.1) is 0 Å². The second-order valence-corrected chi connectivity index (χ2v) is 7.63. The normalized spacial score (nSPS) is 11.4. The van der Waals surface area contributed by atoms with Crippen LogP contribution in [0.3, 0.4) is 0 Å². The average molecular weight is 372 g/mol. The van der Waals surface area contributed by atoms with Crippen LogP contribution in [0.15, 0.2) is 51.8 Å². The molecule has 0 radical (unpaired) electrons. The molecule has 0 aliphatic heterocycles. The van der Waals surface area contributed by atoms with E-state index in [1.807, 2.05) is 6.92 Å². The van der Waals surface area contributed by atoms with Crippen molar-refractivity contribution in [3.05, 3.63) is 59.7 Å². The highest BCUT2D eigenvalue weighted by molar-refractivity contribution is 7.92. The van der Waals surface area contributed by atoms with E-state index in [1.165, 1.54) is 6.07 Å². The molecule has 0 atom stereocenters. The summed E-state index contributed by atoms with van der Waals surface area (Å²) in [6.07, 6.45) is 0. The summed E-state index contributed by atoms with van der Waals surface area (Å²) in [6.45, 7) is 5.43. The van der Waals surface area contributed by atoms with Gasteiger partial charge in [0.05, 0.1) is 12.0 Å². The van der Waals surface area contributed by atoms with Gasteiger partial charge in [0.25, 0.3) is 10.0 Å². The fourth-order valence-corrected chi connectivity index (χ4v) is 3.87. The van der Waals surface area contributed by atoms with Crippen LogP contribution in [0.4, 0.5) is 5.69 Å². The van der Waals surface area contributed by atoms with E-state index in [0.717, 1.165) is 22.6 Å². The van der Waals surface area contributed by atoms with Crippen molar-refractivity contribution in [1.82, 2.24) is 4.98 Å². The second-order valence-electron chi connectivity index (χ2n) is 5.95. The van der Waals surface area contributed by atoms with Crippen LogP contribution in [0.2, 0.25) is 0 Å². The van der Waals surface area contributed by atoms with Crippen LogP contribution in [-0.2, 0) is 10.0 Å². The first-order chi connectivity index (χ1) is 12.3. The Bertz CT molecular complexity index is 1040. The number of oxazole rings is 1. The van der Waals surface area contributed by atoms with Gasteiger partial charge >= 0.3 is 0 Å². The molecule has 136 valence electrons. The Morgan fingerprint density at radius 1 is 1.04 bits per heavy atom. The van der Waals surface area contributed by atoms with Crippen LogP contribution in [0.1, 0.15) is 17.2 Å². The Morgan fingerprint density at radius 2 is 1.73 bits per heavy atom. The molecule has 1 N–H and O–H groups in total. The van der Waals surface area contributed by atoms with Crippen LogP contribution in [0.5, 0.6) is 5.75 Å². The highest BCUT2D eigenvalue weighted by Crippen LogP contribution is 2.26. The number of nitrogens with one attached hydrogen (secondary N) is 1. The second kappa shape index (κ2) is 6.84. The van der Waals surface area contributed by atoms with Crippen molar-refractivity contribution < 1.29 is 17.6 Å². The van der Waals surface area contributed by atoms with Crippen LogP contribution in [0.25, 0.3) is 11.3 Å². The van der Waals surface area contributed by atoms with Gasteiger partial charge in [0.2, 0.25) is 0 Å². The summed E-state index contributed by atoms with van der Waals surface area (Å²) in [4.78, 5) is 4.52. The van der Waals surface area contributed by atoms with Crippen molar-refractivity contribution in [2.75, 3.05) is 11.8 Å². The van der Waals surface area contributed by atoms with Crippen LogP contribution in [0, 0.1) is 20.8 Å². The fraction of sp³-hybridized carbons (Fsp3) is 0.211. The van der Waals surface area contributed by atoms with Gasteiger partial charge in [0.1, 0.15) is 17.2 Å². The molecule has 0 aliphatic rings. The van der Waals surface area contributed by atoms with Crippen LogP contribution >= 0.6 is 0 Å². The maximum Gasteiger partial charge on any atom is 0.261 e. The summed E-state index contributed by atoms with van der Waals surface area (Å²) in [5.74, 6) is 1.97. The number of nitrogens with zero attached hydrogens (tertiary/aromatic N) is 1. The third-order valence-corrected chi connectivity index (χ3v) is 5.37. The van der Waals surface area contributed by atoms with Crippen molar-refractivity contribution in [3.8, 4) is 17.0 Å². The molecule has 0 saturated heterocycles. The molecule has 3 rings (SSSR count). The van der Waals surface area contributed by atoms with Gasteiger partial charge in [-0.2, -0.15) is 0 Å². The third-order valence-electron chi connectivity index (χ3n) is 3.99. The summed E-state index contributed by atoms with van der Waals surface area (Å²) in [5, 5.41) is 0. The predicted octanol–water partition coefficient (Wildman–Crippen LogP) is 4.08. The number of hydrogen-bond acceptors (Lipinski definition) is 5. The van der Waals surface area contributed by atoms with E-state index in [4.69, 9.17) is 9.15 Å². The molecule has 1 aromatic heterocycles. The molecule has 3 aromatic rings. The topological polar surface area (TPSA) is 81.4 Å². The van der Waals surface area contributed by atoms with Gasteiger partial charge in [-0.1, -0.05) is 12.1 Å². The maximum atomic E-state index is 12.6. The van der Waals surface area contributed by atoms with Gasteiger partial charge in [0.15, 0.2) is 5.89 Å². The number of anilines is 1. The number of rotatable bonds is 5. The monoisotopic (exact) mass is 372 g/mol. The smallest absolute Gasteiger partial charge is 0.261 e. The first kappa shape index (κ1) is 18.0. The molecular weight excluding hydrogens is 352 g/mol. The van der Waals surface area contributed by atoms with E-state index >= 15 is 0 Å². The molecule has 0 bridgehead atoms. The van der Waals surface area contributed by atoms with E-state index in [-0.39, 0.29) is 4.90 Å². The van der Waals surface area contributed by atoms with Gasteiger partial charge < -0.3 is 9.15 Å². The fourth-order valence-electron chi connectivity index (χ4n) is 2.72. The number of sulfonamides is 1. The summed E-state index contributed by atoms with van der Waals surface area (Å²) >= 11 is 0. The molecule has 0 spiro atoms. The zero-order valence-corrected chi connectivity index (χ0v) is 15.8. The average Bonchev–Trinajstić information content (AvgIpc) is 2.93. The molecule has 7 heteroatoms. The third kappa shape index (κ3) is 3.57. The first-order valence-electron chi connectivity index (χ1n) is 8.02. The van der Waals surface area contributed by atoms with Gasteiger partial charge in [-0.25, -0.2) is 13.4 Å². The number of aryl methyl sites for hydroxylation is 3. The Hall–Kier alpha value is -2.80. The Morgan fingerprint density at radius 3 is 2.27 bits per heavy atom. The summed E-state index contributed by atoms with van der Waals surface area (Å²) in [6, 6.07) is 11.8.